The molecule has 3 aromatic carbocycles. The molecule has 1 N–H and O–H groups in total. The molecule has 0 atom stereocenters. The monoisotopic (exact) mass is 624 g/mol. The highest BCUT2D eigenvalue weighted by Crippen LogP contribution is 2.39. The van der Waals surface area contributed by atoms with Crippen LogP contribution in [0.25, 0.3) is 6.08 Å². The van der Waals surface area contributed by atoms with E-state index >= 15 is 0 Å². The Morgan fingerprint density at radius 3 is 2.50 bits per heavy atom. The van der Waals surface area contributed by atoms with E-state index in [9.17, 15) is 14.4 Å². The summed E-state index contributed by atoms with van der Waals surface area (Å²) < 4.78 is 17.8. The fraction of sp³-hybridized carbons (Fsp3) is 0.233. The van der Waals surface area contributed by atoms with Crippen LogP contribution in [0.5, 0.6) is 17.2 Å². The predicted octanol–water partition coefficient (Wildman–Crippen LogP) is 6.60. The molecule has 3 aromatic rings. The molecule has 1 fully saturated rings. The number of hydrogen-bond acceptors (Lipinski definition) is 7. The lowest BCUT2D eigenvalue weighted by Crippen LogP contribution is -2.32. The number of aryl methyl sites for hydroxylation is 2. The van der Waals surface area contributed by atoms with Gasteiger partial charge in [0.1, 0.15) is 12.4 Å². The Bertz CT molecular complexity index is 1440. The van der Waals surface area contributed by atoms with Crippen LogP contribution in [0.15, 0.2) is 70.0 Å². The summed E-state index contributed by atoms with van der Waals surface area (Å²) >= 11 is 4.36. The van der Waals surface area contributed by atoms with E-state index in [-0.39, 0.29) is 36.8 Å². The number of benzene rings is 3. The Kier molecular flexibility index (Phi) is 9.89. The molecule has 0 spiro atoms. The van der Waals surface area contributed by atoms with Crippen LogP contribution in [0.3, 0.4) is 0 Å². The molecule has 0 unspecified atom stereocenters. The van der Waals surface area contributed by atoms with Gasteiger partial charge in [-0.25, -0.2) is 0 Å². The number of ether oxygens (including phenoxy) is 3. The minimum atomic E-state index is -0.385. The molecule has 0 aliphatic carbocycles. The second-order valence-electron chi connectivity index (χ2n) is 8.96. The topological polar surface area (TPSA) is 94.2 Å². The quantitative estimate of drug-likeness (QED) is 0.240. The van der Waals surface area contributed by atoms with Gasteiger partial charge in [-0.3, -0.25) is 19.3 Å². The Hall–Kier alpha value is -3.76. The van der Waals surface area contributed by atoms with Crippen molar-refractivity contribution < 1.29 is 28.6 Å². The average Bonchev–Trinajstić information content (AvgIpc) is 3.17. The molecule has 1 heterocycles. The van der Waals surface area contributed by atoms with Crippen LogP contribution in [0.4, 0.5) is 10.5 Å². The van der Waals surface area contributed by atoms with Crippen LogP contribution >= 0.6 is 27.7 Å². The number of nitrogens with one attached hydrogen (secondary N) is 1. The first-order chi connectivity index (χ1) is 19.2. The lowest BCUT2D eigenvalue weighted by Gasteiger charge is -2.15. The number of amides is 3. The second kappa shape index (κ2) is 13.5. The number of imide groups is 1. The number of halogens is 1. The average molecular weight is 626 g/mol. The van der Waals surface area contributed by atoms with Crippen LogP contribution in [0, 0.1) is 13.8 Å². The van der Waals surface area contributed by atoms with Gasteiger partial charge in [-0.05, 0) is 102 Å². The Morgan fingerprint density at radius 2 is 1.77 bits per heavy atom. The van der Waals surface area contributed by atoms with Gasteiger partial charge in [-0.1, -0.05) is 29.8 Å². The number of hydrogen-bond donors (Lipinski definition) is 1. The predicted molar refractivity (Wildman–Crippen MR) is 160 cm³/mol. The zero-order chi connectivity index (χ0) is 28.6. The molecular weight excluding hydrogens is 596 g/mol. The van der Waals surface area contributed by atoms with Crippen LogP contribution in [-0.2, 0) is 9.59 Å². The summed E-state index contributed by atoms with van der Waals surface area (Å²) in [5.74, 6) is 0.738. The highest BCUT2D eigenvalue weighted by molar-refractivity contribution is 9.10. The molecule has 1 aliphatic heterocycles. The van der Waals surface area contributed by atoms with Gasteiger partial charge in [0.15, 0.2) is 18.1 Å². The molecule has 1 aliphatic rings. The van der Waals surface area contributed by atoms with Gasteiger partial charge < -0.3 is 19.5 Å². The summed E-state index contributed by atoms with van der Waals surface area (Å²) in [6, 6.07) is 18.5. The molecule has 40 heavy (non-hydrogen) atoms. The smallest absolute Gasteiger partial charge is 0.293 e. The van der Waals surface area contributed by atoms with Crippen LogP contribution in [-0.4, -0.2) is 48.3 Å². The van der Waals surface area contributed by atoms with Gasteiger partial charge in [0.25, 0.3) is 17.1 Å². The minimum Gasteiger partial charge on any atom is -0.492 e. The van der Waals surface area contributed by atoms with Crippen molar-refractivity contribution in [3.63, 3.8) is 0 Å². The zero-order valence-electron chi connectivity index (χ0n) is 22.4. The lowest BCUT2D eigenvalue weighted by atomic mass is 10.2. The summed E-state index contributed by atoms with van der Waals surface area (Å²) in [6.07, 6.45) is 1.63. The van der Waals surface area contributed by atoms with Gasteiger partial charge in [0.05, 0.1) is 22.5 Å². The van der Waals surface area contributed by atoms with Crippen molar-refractivity contribution in [1.82, 2.24) is 4.90 Å². The highest BCUT2D eigenvalue weighted by Gasteiger charge is 2.35. The number of nitrogens with zero attached hydrogens (tertiary/aromatic N) is 1. The second-order valence-corrected chi connectivity index (χ2v) is 10.8. The largest absolute Gasteiger partial charge is 0.492 e. The maximum absolute atomic E-state index is 13.0. The molecule has 0 aromatic heterocycles. The molecule has 4 rings (SSSR count). The van der Waals surface area contributed by atoms with Crippen molar-refractivity contribution in [2.24, 2.45) is 0 Å². The van der Waals surface area contributed by atoms with Crippen molar-refractivity contribution >= 4 is 56.5 Å². The molecule has 8 nitrogen and oxygen atoms in total. The summed E-state index contributed by atoms with van der Waals surface area (Å²) in [7, 11) is 0. The van der Waals surface area contributed by atoms with Crippen molar-refractivity contribution in [2.45, 2.75) is 20.8 Å². The fourth-order valence-corrected chi connectivity index (χ4v) is 5.30. The Labute approximate surface area is 245 Å². The number of anilines is 1. The Morgan fingerprint density at radius 1 is 1.00 bits per heavy atom. The summed E-state index contributed by atoms with van der Waals surface area (Å²) in [6.45, 7) is 6.23. The van der Waals surface area contributed by atoms with Gasteiger partial charge >= 0.3 is 0 Å². The standard InChI is InChI=1S/C30H29BrN2O6S/c1-4-37-25-16-21(15-24(31)28(25)39-18-27(34)32-22-7-5-6-20(3)14-22)17-26-29(35)33(30(36)40-26)12-13-38-23-10-8-19(2)9-11-23/h5-11,14-17H,4,12-13,18H2,1-3H3,(H,32,34)/b26-17-. The number of thioether (sulfide) groups is 1. The molecule has 0 radical (unpaired) electrons. The van der Waals surface area contributed by atoms with Gasteiger partial charge in [0.2, 0.25) is 0 Å². The third kappa shape index (κ3) is 7.67. The zero-order valence-corrected chi connectivity index (χ0v) is 24.8. The van der Waals surface area contributed by atoms with Crippen molar-refractivity contribution in [1.29, 1.82) is 0 Å². The fourth-order valence-electron chi connectivity index (χ4n) is 3.87. The summed E-state index contributed by atoms with van der Waals surface area (Å²) in [4.78, 5) is 39.4. The van der Waals surface area contributed by atoms with E-state index in [1.54, 1.807) is 24.3 Å². The van der Waals surface area contributed by atoms with Crippen molar-refractivity contribution in [3.05, 3.63) is 86.7 Å². The van der Waals surface area contributed by atoms with E-state index in [1.807, 2.05) is 63.2 Å². The SMILES string of the molecule is CCOc1cc(/C=C2\SC(=O)N(CCOc3ccc(C)cc3)C2=O)cc(Br)c1OCC(=O)Nc1cccc(C)c1. The molecular formula is C30H29BrN2O6S. The normalized spacial score (nSPS) is 14.0. The minimum absolute atomic E-state index is 0.140. The van der Waals surface area contributed by atoms with E-state index in [2.05, 4.69) is 21.2 Å². The molecule has 0 bridgehead atoms. The van der Waals surface area contributed by atoms with E-state index in [1.165, 1.54) is 4.90 Å². The number of carbonyl (C=O) groups excluding carboxylic acids is 3. The van der Waals surface area contributed by atoms with Gasteiger partial charge in [-0.2, -0.15) is 0 Å². The third-order valence-electron chi connectivity index (χ3n) is 5.76. The highest BCUT2D eigenvalue weighted by atomic mass is 79.9. The number of carbonyl (C=O) groups is 3. The lowest BCUT2D eigenvalue weighted by molar-refractivity contribution is -0.123. The molecule has 10 heteroatoms. The van der Waals surface area contributed by atoms with Crippen LogP contribution in [0.2, 0.25) is 0 Å². The van der Waals surface area contributed by atoms with Gasteiger partial charge in [-0.15, -0.1) is 0 Å². The first-order valence-electron chi connectivity index (χ1n) is 12.6. The first-order valence-corrected chi connectivity index (χ1v) is 14.2. The first kappa shape index (κ1) is 29.2. The molecule has 0 saturated carbocycles. The van der Waals surface area contributed by atoms with E-state index < -0.39 is 0 Å². The molecule has 208 valence electrons. The van der Waals surface area contributed by atoms with E-state index in [0.29, 0.717) is 44.5 Å². The molecule has 1 saturated heterocycles. The summed E-state index contributed by atoms with van der Waals surface area (Å²) in [5, 5.41) is 2.45. The maximum atomic E-state index is 13.0. The van der Waals surface area contributed by atoms with Crippen LogP contribution < -0.4 is 19.5 Å². The van der Waals surface area contributed by atoms with Gasteiger partial charge in [0, 0.05) is 5.69 Å². The third-order valence-corrected chi connectivity index (χ3v) is 7.25. The maximum Gasteiger partial charge on any atom is 0.293 e. The molecule has 3 amide bonds. The van der Waals surface area contributed by atoms with Crippen molar-refractivity contribution in [3.8, 4) is 17.2 Å². The van der Waals surface area contributed by atoms with E-state index in [0.717, 1.165) is 22.9 Å². The summed E-state index contributed by atoms with van der Waals surface area (Å²) in [5.41, 5.74) is 3.46. The van der Waals surface area contributed by atoms with E-state index in [4.69, 9.17) is 14.2 Å². The van der Waals surface area contributed by atoms with Crippen LogP contribution in [0.1, 0.15) is 23.6 Å². The van der Waals surface area contributed by atoms with Crippen molar-refractivity contribution in [2.75, 3.05) is 31.7 Å². The Balaban J connectivity index is 1.41. The number of rotatable bonds is 11.